The Hall–Kier alpha value is -1.96. The van der Waals surface area contributed by atoms with Crippen molar-refractivity contribution in [2.24, 2.45) is 22.7 Å². The first-order chi connectivity index (χ1) is 8.47. The lowest BCUT2D eigenvalue weighted by atomic mass is 9.96. The van der Waals surface area contributed by atoms with Crippen LogP contribution < -0.4 is 11.2 Å². The van der Waals surface area contributed by atoms with Gasteiger partial charge in [0.05, 0.1) is 11.6 Å². The maximum Gasteiger partial charge on any atom is 0.414 e. The lowest BCUT2D eigenvalue weighted by Crippen LogP contribution is -2.26. The molecule has 18 heavy (non-hydrogen) atoms. The SMILES string of the molecule is NCCC1C(=O)NN=C1C1CC1.O=C(O)C(=O)O. The average Bonchev–Trinajstić information content (AvgIpc) is 3.08. The summed E-state index contributed by atoms with van der Waals surface area (Å²) >= 11 is 0. The number of nitrogens with zero attached hydrogens (tertiary/aromatic N) is 1. The fourth-order valence-electron chi connectivity index (χ4n) is 1.61. The quantitative estimate of drug-likeness (QED) is 0.478. The monoisotopic (exact) mass is 257 g/mol. The van der Waals surface area contributed by atoms with Crippen LogP contribution in [0.5, 0.6) is 0 Å². The largest absolute Gasteiger partial charge is 0.473 e. The molecule has 1 aliphatic heterocycles. The van der Waals surface area contributed by atoms with Gasteiger partial charge in [-0.15, -0.1) is 0 Å². The van der Waals surface area contributed by atoms with Crippen molar-refractivity contribution in [2.75, 3.05) is 6.54 Å². The van der Waals surface area contributed by atoms with Crippen LogP contribution in [0.25, 0.3) is 0 Å². The molecule has 2 aliphatic rings. The number of nitrogens with two attached hydrogens (primary N) is 1. The van der Waals surface area contributed by atoms with Crippen molar-refractivity contribution >= 4 is 23.6 Å². The van der Waals surface area contributed by atoms with Crippen LogP contribution in [0.4, 0.5) is 0 Å². The molecule has 0 aromatic rings. The highest BCUT2D eigenvalue weighted by Gasteiger charge is 2.39. The number of hydrogen-bond donors (Lipinski definition) is 4. The van der Waals surface area contributed by atoms with E-state index in [2.05, 4.69) is 10.5 Å². The second-order valence-corrected chi connectivity index (χ2v) is 4.03. The molecule has 0 aromatic carbocycles. The van der Waals surface area contributed by atoms with Gasteiger partial charge in [0.15, 0.2) is 0 Å². The van der Waals surface area contributed by atoms with Gasteiger partial charge in [-0.25, -0.2) is 15.0 Å². The smallest absolute Gasteiger partial charge is 0.414 e. The Kier molecular flexibility index (Phi) is 4.78. The summed E-state index contributed by atoms with van der Waals surface area (Å²) in [5, 5.41) is 18.8. The normalized spacial score (nSPS) is 21.5. The summed E-state index contributed by atoms with van der Waals surface area (Å²) in [4.78, 5) is 29.4. The zero-order valence-corrected chi connectivity index (χ0v) is 9.63. The van der Waals surface area contributed by atoms with Crippen LogP contribution in [0.1, 0.15) is 19.3 Å². The molecule has 0 spiro atoms. The van der Waals surface area contributed by atoms with E-state index in [0.29, 0.717) is 12.5 Å². The summed E-state index contributed by atoms with van der Waals surface area (Å²) in [5.41, 5.74) is 8.98. The number of aliphatic carboxylic acids is 2. The minimum atomic E-state index is -1.82. The van der Waals surface area contributed by atoms with Gasteiger partial charge in [-0.05, 0) is 31.7 Å². The first-order valence-corrected chi connectivity index (χ1v) is 5.51. The van der Waals surface area contributed by atoms with Crippen LogP contribution in [0.2, 0.25) is 0 Å². The summed E-state index contributed by atoms with van der Waals surface area (Å²) in [5.74, 6) is -3.07. The molecule has 1 unspecified atom stereocenters. The van der Waals surface area contributed by atoms with Gasteiger partial charge in [-0.3, -0.25) is 4.79 Å². The van der Waals surface area contributed by atoms with E-state index >= 15 is 0 Å². The van der Waals surface area contributed by atoms with Crippen molar-refractivity contribution in [3.8, 4) is 0 Å². The highest BCUT2D eigenvalue weighted by molar-refractivity contribution is 6.27. The molecule has 1 heterocycles. The number of carbonyl (C=O) groups is 3. The van der Waals surface area contributed by atoms with Crippen molar-refractivity contribution in [3.63, 3.8) is 0 Å². The molecular formula is C10H15N3O5. The summed E-state index contributed by atoms with van der Waals surface area (Å²) < 4.78 is 0. The topological polar surface area (TPSA) is 142 Å². The molecule has 8 heteroatoms. The molecule has 1 aliphatic carbocycles. The number of carboxylic acids is 2. The molecule has 0 bridgehead atoms. The number of hydrazone groups is 1. The van der Waals surface area contributed by atoms with Gasteiger partial charge >= 0.3 is 11.9 Å². The van der Waals surface area contributed by atoms with Crippen molar-refractivity contribution in [1.29, 1.82) is 0 Å². The maximum atomic E-state index is 11.2. The van der Waals surface area contributed by atoms with E-state index < -0.39 is 11.9 Å². The number of rotatable bonds is 3. The Bertz CT molecular complexity index is 377. The zero-order chi connectivity index (χ0) is 13.7. The standard InChI is InChI=1S/C8H13N3O.C2H2O4/c9-4-3-6-7(5-1-2-5)10-11-8(6)12;3-1(4)2(5)6/h5-6H,1-4,9H2,(H,11,12);(H,3,4)(H,5,6). The fourth-order valence-corrected chi connectivity index (χ4v) is 1.61. The van der Waals surface area contributed by atoms with Gasteiger partial charge in [0.25, 0.3) is 0 Å². The Morgan fingerprint density at radius 1 is 1.33 bits per heavy atom. The second-order valence-electron chi connectivity index (χ2n) is 4.03. The van der Waals surface area contributed by atoms with Crippen molar-refractivity contribution < 1.29 is 24.6 Å². The van der Waals surface area contributed by atoms with Gasteiger partial charge in [-0.1, -0.05) is 0 Å². The van der Waals surface area contributed by atoms with E-state index in [1.54, 1.807) is 0 Å². The van der Waals surface area contributed by atoms with E-state index in [1.165, 1.54) is 12.8 Å². The first-order valence-electron chi connectivity index (χ1n) is 5.51. The molecule has 0 aromatic heterocycles. The Morgan fingerprint density at radius 3 is 2.28 bits per heavy atom. The third-order valence-corrected chi connectivity index (χ3v) is 2.60. The molecule has 0 radical (unpaired) electrons. The third-order valence-electron chi connectivity index (χ3n) is 2.60. The van der Waals surface area contributed by atoms with Crippen molar-refractivity contribution in [1.82, 2.24) is 5.43 Å². The van der Waals surface area contributed by atoms with E-state index in [4.69, 9.17) is 25.5 Å². The molecule has 1 saturated carbocycles. The Morgan fingerprint density at radius 2 is 1.89 bits per heavy atom. The van der Waals surface area contributed by atoms with Crippen LogP contribution in [0.3, 0.4) is 0 Å². The Balaban J connectivity index is 0.000000232. The summed E-state index contributed by atoms with van der Waals surface area (Å²) in [6.45, 7) is 0.559. The Labute approximate surface area is 103 Å². The van der Waals surface area contributed by atoms with E-state index in [9.17, 15) is 4.79 Å². The maximum absolute atomic E-state index is 11.2. The molecular weight excluding hydrogens is 242 g/mol. The van der Waals surface area contributed by atoms with Crippen LogP contribution >= 0.6 is 0 Å². The van der Waals surface area contributed by atoms with Crippen LogP contribution in [-0.2, 0) is 14.4 Å². The molecule has 2 rings (SSSR count). The van der Waals surface area contributed by atoms with Gasteiger partial charge in [-0.2, -0.15) is 5.10 Å². The molecule has 1 fully saturated rings. The van der Waals surface area contributed by atoms with Gasteiger partial charge in [0.1, 0.15) is 0 Å². The molecule has 1 amide bonds. The average molecular weight is 257 g/mol. The highest BCUT2D eigenvalue weighted by atomic mass is 16.4. The number of carboxylic acid groups (broad SMARTS) is 2. The van der Waals surface area contributed by atoms with E-state index in [1.807, 2.05) is 0 Å². The minimum Gasteiger partial charge on any atom is -0.473 e. The van der Waals surface area contributed by atoms with E-state index in [-0.39, 0.29) is 11.8 Å². The van der Waals surface area contributed by atoms with Crippen LogP contribution in [0.15, 0.2) is 5.10 Å². The molecule has 8 nitrogen and oxygen atoms in total. The molecule has 5 N–H and O–H groups in total. The lowest BCUT2D eigenvalue weighted by Gasteiger charge is -2.06. The minimum absolute atomic E-state index is 0.0255. The number of nitrogens with one attached hydrogen (secondary N) is 1. The summed E-state index contributed by atoms with van der Waals surface area (Å²) in [6.07, 6.45) is 3.12. The van der Waals surface area contributed by atoms with E-state index in [0.717, 1.165) is 12.1 Å². The summed E-state index contributed by atoms with van der Waals surface area (Å²) in [7, 11) is 0. The molecule has 1 atom stereocenters. The van der Waals surface area contributed by atoms with Crippen molar-refractivity contribution in [3.05, 3.63) is 0 Å². The summed E-state index contributed by atoms with van der Waals surface area (Å²) in [6, 6.07) is 0. The third kappa shape index (κ3) is 3.81. The highest BCUT2D eigenvalue weighted by Crippen LogP contribution is 2.35. The van der Waals surface area contributed by atoms with Crippen molar-refractivity contribution in [2.45, 2.75) is 19.3 Å². The second kappa shape index (κ2) is 6.10. The lowest BCUT2D eigenvalue weighted by molar-refractivity contribution is -0.159. The zero-order valence-electron chi connectivity index (χ0n) is 9.63. The number of hydrogen-bond acceptors (Lipinski definition) is 5. The van der Waals surface area contributed by atoms with Gasteiger partial charge in [0.2, 0.25) is 5.91 Å². The predicted octanol–water partition coefficient (Wildman–Crippen LogP) is -0.997. The number of carbonyl (C=O) groups excluding carboxylic acids is 1. The van der Waals surface area contributed by atoms with Gasteiger partial charge < -0.3 is 15.9 Å². The molecule has 100 valence electrons. The van der Waals surface area contributed by atoms with Crippen LogP contribution in [0, 0.1) is 11.8 Å². The van der Waals surface area contributed by atoms with Gasteiger partial charge in [0, 0.05) is 0 Å². The molecule has 0 saturated heterocycles. The fraction of sp³-hybridized carbons (Fsp3) is 0.600. The van der Waals surface area contributed by atoms with Crippen LogP contribution in [-0.4, -0.2) is 40.3 Å². The predicted molar refractivity (Wildman–Crippen MR) is 60.7 cm³/mol. The number of amides is 1. The first kappa shape index (κ1) is 14.1.